The number of likely N-dealkylation sites (tertiary alicyclic amines) is 2. The SMILES string of the molecule is O=C(C1CC1)N1CCC[C@H](C(=O)N2CCC3(CCCC3)CC2)C1. The second kappa shape index (κ2) is 6.10. The average molecular weight is 318 g/mol. The fourth-order valence-corrected chi connectivity index (χ4v) is 5.05. The summed E-state index contributed by atoms with van der Waals surface area (Å²) in [6.07, 6.45) is 12.0. The van der Waals surface area contributed by atoms with Gasteiger partial charge in [0.15, 0.2) is 0 Å². The molecule has 4 fully saturated rings. The number of piperidine rings is 2. The molecule has 1 spiro atoms. The van der Waals surface area contributed by atoms with E-state index in [9.17, 15) is 9.59 Å². The van der Waals surface area contributed by atoms with E-state index < -0.39 is 0 Å². The molecule has 0 aromatic heterocycles. The predicted molar refractivity (Wildman–Crippen MR) is 88.7 cm³/mol. The zero-order chi connectivity index (χ0) is 15.9. The van der Waals surface area contributed by atoms with Gasteiger partial charge in [0.2, 0.25) is 11.8 Å². The molecule has 0 unspecified atom stereocenters. The van der Waals surface area contributed by atoms with E-state index in [0.29, 0.717) is 23.8 Å². The molecule has 0 radical (unpaired) electrons. The summed E-state index contributed by atoms with van der Waals surface area (Å²) in [5, 5.41) is 0. The minimum absolute atomic E-state index is 0.0593. The third-order valence-electron chi connectivity index (χ3n) is 6.81. The summed E-state index contributed by atoms with van der Waals surface area (Å²) >= 11 is 0. The van der Waals surface area contributed by atoms with Crippen LogP contribution in [-0.2, 0) is 9.59 Å². The first-order valence-corrected chi connectivity index (χ1v) is 9.74. The summed E-state index contributed by atoms with van der Waals surface area (Å²) < 4.78 is 0. The molecule has 128 valence electrons. The molecule has 0 aromatic carbocycles. The lowest BCUT2D eigenvalue weighted by atomic mass is 9.77. The molecule has 2 saturated heterocycles. The molecular weight excluding hydrogens is 288 g/mol. The zero-order valence-corrected chi connectivity index (χ0v) is 14.3. The molecule has 1 atom stereocenters. The average Bonchev–Trinajstić information content (AvgIpc) is 3.36. The molecule has 0 bridgehead atoms. The van der Waals surface area contributed by atoms with Crippen molar-refractivity contribution >= 4 is 11.8 Å². The summed E-state index contributed by atoms with van der Waals surface area (Å²) in [7, 11) is 0. The van der Waals surface area contributed by atoms with E-state index in [-0.39, 0.29) is 11.8 Å². The Morgan fingerprint density at radius 2 is 1.35 bits per heavy atom. The van der Waals surface area contributed by atoms with E-state index in [4.69, 9.17) is 0 Å². The van der Waals surface area contributed by atoms with Crippen molar-refractivity contribution in [3.63, 3.8) is 0 Å². The fourth-order valence-electron chi connectivity index (χ4n) is 5.05. The smallest absolute Gasteiger partial charge is 0.227 e. The Labute approximate surface area is 139 Å². The normalized spacial score (nSPS) is 30.7. The maximum atomic E-state index is 12.9. The number of carbonyl (C=O) groups is 2. The van der Waals surface area contributed by atoms with Crippen molar-refractivity contribution in [1.82, 2.24) is 9.80 Å². The van der Waals surface area contributed by atoms with Crippen LogP contribution >= 0.6 is 0 Å². The highest BCUT2D eigenvalue weighted by Gasteiger charge is 2.41. The minimum Gasteiger partial charge on any atom is -0.342 e. The first kappa shape index (κ1) is 15.5. The van der Waals surface area contributed by atoms with Gasteiger partial charge in [-0.2, -0.15) is 0 Å². The van der Waals surface area contributed by atoms with Crippen LogP contribution in [0.5, 0.6) is 0 Å². The van der Waals surface area contributed by atoms with Crippen LogP contribution in [0, 0.1) is 17.3 Å². The standard InChI is InChI=1S/C19H30N2O2/c22-17(15-5-6-15)21-11-3-4-16(14-21)18(23)20-12-9-19(10-13-20)7-1-2-8-19/h15-16H,1-14H2/t16-/m0/s1. The number of amides is 2. The Balaban J connectivity index is 1.32. The topological polar surface area (TPSA) is 40.6 Å². The third-order valence-corrected chi connectivity index (χ3v) is 6.81. The molecule has 2 saturated carbocycles. The minimum atomic E-state index is 0.0593. The van der Waals surface area contributed by atoms with Gasteiger partial charge in [-0.25, -0.2) is 0 Å². The predicted octanol–water partition coefficient (Wildman–Crippen LogP) is 2.82. The van der Waals surface area contributed by atoms with Gasteiger partial charge in [-0.15, -0.1) is 0 Å². The van der Waals surface area contributed by atoms with Crippen LogP contribution in [0.1, 0.15) is 64.2 Å². The van der Waals surface area contributed by atoms with E-state index in [1.165, 1.54) is 38.5 Å². The second-order valence-corrected chi connectivity index (χ2v) is 8.43. The molecule has 0 N–H and O–H groups in total. The molecule has 2 aliphatic heterocycles. The fraction of sp³-hybridized carbons (Fsp3) is 0.895. The second-order valence-electron chi connectivity index (χ2n) is 8.43. The lowest BCUT2D eigenvalue weighted by Crippen LogP contribution is -2.50. The van der Waals surface area contributed by atoms with Crippen LogP contribution < -0.4 is 0 Å². The van der Waals surface area contributed by atoms with E-state index in [1.807, 2.05) is 4.90 Å². The van der Waals surface area contributed by atoms with Gasteiger partial charge in [0.05, 0.1) is 5.92 Å². The van der Waals surface area contributed by atoms with Crippen molar-refractivity contribution in [3.8, 4) is 0 Å². The Hall–Kier alpha value is -1.06. The first-order chi connectivity index (χ1) is 11.2. The van der Waals surface area contributed by atoms with E-state index in [1.54, 1.807) is 0 Å². The molecule has 2 amide bonds. The van der Waals surface area contributed by atoms with Gasteiger partial charge in [-0.05, 0) is 56.8 Å². The Bertz CT molecular complexity index is 470. The van der Waals surface area contributed by atoms with Crippen LogP contribution in [0.25, 0.3) is 0 Å². The summed E-state index contributed by atoms with van der Waals surface area (Å²) in [5.41, 5.74) is 0.567. The number of rotatable bonds is 2. The summed E-state index contributed by atoms with van der Waals surface area (Å²) in [5.74, 6) is 0.974. The highest BCUT2D eigenvalue weighted by Crippen LogP contribution is 2.46. The highest BCUT2D eigenvalue weighted by atomic mass is 16.2. The maximum absolute atomic E-state index is 12.9. The van der Waals surface area contributed by atoms with Crippen molar-refractivity contribution in [2.75, 3.05) is 26.2 Å². The Morgan fingerprint density at radius 3 is 2.00 bits per heavy atom. The largest absolute Gasteiger partial charge is 0.342 e. The van der Waals surface area contributed by atoms with Crippen molar-refractivity contribution in [3.05, 3.63) is 0 Å². The van der Waals surface area contributed by atoms with Gasteiger partial charge in [-0.1, -0.05) is 12.8 Å². The van der Waals surface area contributed by atoms with Gasteiger partial charge >= 0.3 is 0 Å². The number of nitrogens with zero attached hydrogens (tertiary/aromatic N) is 2. The monoisotopic (exact) mass is 318 g/mol. The number of carbonyl (C=O) groups excluding carboxylic acids is 2. The van der Waals surface area contributed by atoms with E-state index >= 15 is 0 Å². The number of hydrogen-bond donors (Lipinski definition) is 0. The Kier molecular flexibility index (Phi) is 4.10. The molecular formula is C19H30N2O2. The maximum Gasteiger partial charge on any atom is 0.227 e. The van der Waals surface area contributed by atoms with Crippen LogP contribution in [0.3, 0.4) is 0 Å². The summed E-state index contributed by atoms with van der Waals surface area (Å²) in [6, 6.07) is 0. The highest BCUT2D eigenvalue weighted by molar-refractivity contribution is 5.83. The molecule has 2 aliphatic carbocycles. The molecule has 4 nitrogen and oxygen atoms in total. The lowest BCUT2D eigenvalue weighted by molar-refractivity contribution is -0.143. The zero-order valence-electron chi connectivity index (χ0n) is 14.3. The van der Waals surface area contributed by atoms with Crippen molar-refractivity contribution in [2.45, 2.75) is 64.2 Å². The molecule has 0 aromatic rings. The quantitative estimate of drug-likeness (QED) is 0.785. The van der Waals surface area contributed by atoms with E-state index in [0.717, 1.165) is 45.3 Å². The van der Waals surface area contributed by atoms with Crippen molar-refractivity contribution < 1.29 is 9.59 Å². The van der Waals surface area contributed by atoms with Crippen molar-refractivity contribution in [2.24, 2.45) is 17.3 Å². The van der Waals surface area contributed by atoms with E-state index in [2.05, 4.69) is 4.90 Å². The van der Waals surface area contributed by atoms with Gasteiger partial charge in [0.1, 0.15) is 0 Å². The Morgan fingerprint density at radius 1 is 0.696 bits per heavy atom. The first-order valence-electron chi connectivity index (χ1n) is 9.74. The van der Waals surface area contributed by atoms with Gasteiger partial charge in [0, 0.05) is 32.1 Å². The molecule has 23 heavy (non-hydrogen) atoms. The lowest BCUT2D eigenvalue weighted by Gasteiger charge is -2.42. The van der Waals surface area contributed by atoms with Gasteiger partial charge in [-0.3, -0.25) is 9.59 Å². The van der Waals surface area contributed by atoms with Crippen molar-refractivity contribution in [1.29, 1.82) is 0 Å². The summed E-state index contributed by atoms with van der Waals surface area (Å²) in [4.78, 5) is 29.3. The molecule has 2 heterocycles. The van der Waals surface area contributed by atoms with Crippen LogP contribution in [0.15, 0.2) is 0 Å². The molecule has 4 heteroatoms. The molecule has 4 aliphatic rings. The van der Waals surface area contributed by atoms with Crippen LogP contribution in [-0.4, -0.2) is 47.8 Å². The molecule has 4 rings (SSSR count). The van der Waals surface area contributed by atoms with Crippen LogP contribution in [0.2, 0.25) is 0 Å². The summed E-state index contributed by atoms with van der Waals surface area (Å²) in [6.45, 7) is 3.44. The van der Waals surface area contributed by atoms with Crippen LogP contribution in [0.4, 0.5) is 0 Å². The number of hydrogen-bond acceptors (Lipinski definition) is 2. The van der Waals surface area contributed by atoms with Gasteiger partial charge < -0.3 is 9.80 Å². The van der Waals surface area contributed by atoms with Gasteiger partial charge in [0.25, 0.3) is 0 Å². The third kappa shape index (κ3) is 3.14.